The first-order chi connectivity index (χ1) is 14.8. The Labute approximate surface area is 183 Å². The molecule has 5 heteroatoms. The van der Waals surface area contributed by atoms with Crippen LogP contribution in [0.1, 0.15) is 64.1 Å². The summed E-state index contributed by atoms with van der Waals surface area (Å²) in [6.45, 7) is 4.48. The number of furan rings is 1. The summed E-state index contributed by atoms with van der Waals surface area (Å²) in [5.41, 5.74) is 1.33. The Hall–Kier alpha value is -1.69. The maximum atomic E-state index is 12.4. The molecule has 1 aromatic rings. The summed E-state index contributed by atoms with van der Waals surface area (Å²) in [5.74, 6) is 1.64. The van der Waals surface area contributed by atoms with Crippen LogP contribution in [0.3, 0.4) is 0 Å². The second-order valence-corrected chi connectivity index (χ2v) is 10.9. The first kappa shape index (κ1) is 20.0. The van der Waals surface area contributed by atoms with Gasteiger partial charge in [0.05, 0.1) is 12.9 Å². The van der Waals surface area contributed by atoms with E-state index in [1.54, 1.807) is 6.26 Å². The van der Waals surface area contributed by atoms with Gasteiger partial charge in [-0.05, 0) is 62.1 Å². The van der Waals surface area contributed by atoms with E-state index in [-0.39, 0.29) is 41.3 Å². The molecule has 2 N–H and O–H groups in total. The fourth-order valence-corrected chi connectivity index (χ4v) is 7.96. The third-order valence-corrected chi connectivity index (χ3v) is 9.75. The van der Waals surface area contributed by atoms with E-state index in [9.17, 15) is 15.0 Å². The number of ketones is 1. The molecule has 2 saturated carbocycles. The minimum Gasteiger partial charge on any atom is -0.469 e. The lowest BCUT2D eigenvalue weighted by Gasteiger charge is -2.54. The molecule has 3 fully saturated rings. The molecule has 166 valence electrons. The number of carbonyl (C=O) groups is 1. The van der Waals surface area contributed by atoms with E-state index in [2.05, 4.69) is 19.9 Å². The fourth-order valence-electron chi connectivity index (χ4n) is 7.96. The fraction of sp³-hybridized carbons (Fsp3) is 0.654. The number of carbonyl (C=O) groups excluding carboxylic acids is 1. The number of ether oxygens (including phenoxy) is 1. The van der Waals surface area contributed by atoms with E-state index in [0.717, 1.165) is 37.9 Å². The monoisotopic (exact) mass is 424 g/mol. The van der Waals surface area contributed by atoms with Gasteiger partial charge in [-0.3, -0.25) is 4.79 Å². The van der Waals surface area contributed by atoms with Crippen molar-refractivity contribution in [1.82, 2.24) is 0 Å². The molecule has 0 bridgehead atoms. The van der Waals surface area contributed by atoms with Gasteiger partial charge in [0.1, 0.15) is 23.6 Å². The third-order valence-electron chi connectivity index (χ3n) is 9.75. The lowest BCUT2D eigenvalue weighted by Crippen LogP contribution is -2.55. The minimum absolute atomic E-state index is 0.0250. The zero-order chi connectivity index (χ0) is 21.6. The lowest BCUT2D eigenvalue weighted by molar-refractivity contribution is -0.116. The summed E-state index contributed by atoms with van der Waals surface area (Å²) in [4.78, 5) is 12.1. The van der Waals surface area contributed by atoms with Crippen molar-refractivity contribution in [2.45, 2.75) is 76.1 Å². The highest BCUT2D eigenvalue weighted by Gasteiger charge is 2.73. The second kappa shape index (κ2) is 6.43. The predicted molar refractivity (Wildman–Crippen MR) is 114 cm³/mol. The molecule has 31 heavy (non-hydrogen) atoms. The number of fused-ring (bicyclic) bond motifs is 5. The maximum absolute atomic E-state index is 12.4. The standard InChI is InChI=1S/C26H32O5/c1-24-9-7-16(28)12-15(24)5-6-17-18(24)8-10-25(2)19(17)13-20(21-4-3-11-30-21)26(25,29)23-22(14-27)31-23/h3-4,8,11-12,17,19-20,22-23,27,29H,5-7,9-10,13-14H2,1-2H3/t17?,19?,20-,22?,23?,24+,25+,26+/m1/s1. The highest BCUT2D eigenvalue weighted by Crippen LogP contribution is 2.70. The first-order valence-corrected chi connectivity index (χ1v) is 11.8. The van der Waals surface area contributed by atoms with Gasteiger partial charge < -0.3 is 19.4 Å². The van der Waals surface area contributed by atoms with Crippen molar-refractivity contribution >= 4 is 5.78 Å². The lowest BCUT2D eigenvalue weighted by atomic mass is 9.50. The smallest absolute Gasteiger partial charge is 0.155 e. The molecule has 8 atom stereocenters. The van der Waals surface area contributed by atoms with Crippen LogP contribution in [0.2, 0.25) is 0 Å². The summed E-state index contributed by atoms with van der Waals surface area (Å²) < 4.78 is 11.7. The van der Waals surface area contributed by atoms with E-state index in [1.165, 1.54) is 11.1 Å². The van der Waals surface area contributed by atoms with Crippen molar-refractivity contribution in [3.8, 4) is 0 Å². The van der Waals surface area contributed by atoms with Gasteiger partial charge in [-0.2, -0.15) is 0 Å². The largest absolute Gasteiger partial charge is 0.469 e. The minimum atomic E-state index is -1.08. The molecular weight excluding hydrogens is 392 g/mol. The molecule has 4 aliphatic carbocycles. The SMILES string of the molecule is C[C@]12CCC(=O)C=C1CCC1C2=CC[C@@]2(C)C1C[C@H](c1ccco1)[C@]2(O)C1OC1CO. The average molecular weight is 425 g/mol. The van der Waals surface area contributed by atoms with Gasteiger partial charge in [0.2, 0.25) is 0 Å². The molecule has 6 rings (SSSR count). The molecule has 1 aliphatic heterocycles. The quantitative estimate of drug-likeness (QED) is 0.568. The molecule has 1 saturated heterocycles. The van der Waals surface area contributed by atoms with Gasteiger partial charge in [-0.1, -0.05) is 31.1 Å². The van der Waals surface area contributed by atoms with Crippen molar-refractivity contribution in [2.24, 2.45) is 22.7 Å². The topological polar surface area (TPSA) is 83.2 Å². The highest BCUT2D eigenvalue weighted by atomic mass is 16.6. The Kier molecular flexibility index (Phi) is 4.14. The third kappa shape index (κ3) is 2.46. The molecule has 0 amide bonds. The van der Waals surface area contributed by atoms with E-state index >= 15 is 0 Å². The van der Waals surface area contributed by atoms with Crippen molar-refractivity contribution in [3.63, 3.8) is 0 Å². The Morgan fingerprint density at radius 1 is 1.26 bits per heavy atom. The summed E-state index contributed by atoms with van der Waals surface area (Å²) in [7, 11) is 0. The van der Waals surface area contributed by atoms with Crippen LogP contribution in [-0.2, 0) is 9.53 Å². The van der Waals surface area contributed by atoms with Crippen LogP contribution in [0.5, 0.6) is 0 Å². The number of aliphatic hydroxyl groups excluding tert-OH is 1. The van der Waals surface area contributed by atoms with Gasteiger partial charge in [0.15, 0.2) is 5.78 Å². The maximum Gasteiger partial charge on any atom is 0.155 e. The first-order valence-electron chi connectivity index (χ1n) is 11.8. The highest BCUT2D eigenvalue weighted by molar-refractivity contribution is 5.92. The van der Waals surface area contributed by atoms with Gasteiger partial charge in [-0.15, -0.1) is 0 Å². The molecule has 1 aromatic heterocycles. The number of aliphatic hydroxyl groups is 2. The molecule has 5 nitrogen and oxygen atoms in total. The summed E-state index contributed by atoms with van der Waals surface area (Å²) in [5, 5.41) is 22.1. The van der Waals surface area contributed by atoms with Crippen molar-refractivity contribution in [2.75, 3.05) is 6.61 Å². The molecule has 0 spiro atoms. The Morgan fingerprint density at radius 2 is 2.10 bits per heavy atom. The normalized spacial score (nSPS) is 48.4. The van der Waals surface area contributed by atoms with Gasteiger partial charge in [0, 0.05) is 23.2 Å². The van der Waals surface area contributed by atoms with Crippen LogP contribution in [0, 0.1) is 22.7 Å². The van der Waals surface area contributed by atoms with Crippen LogP contribution in [-0.4, -0.2) is 40.4 Å². The number of epoxide rings is 1. The van der Waals surface area contributed by atoms with Crippen molar-refractivity contribution < 1.29 is 24.2 Å². The molecule has 0 radical (unpaired) electrons. The summed E-state index contributed by atoms with van der Waals surface area (Å²) in [6.07, 6.45) is 10.5. The van der Waals surface area contributed by atoms with E-state index in [4.69, 9.17) is 9.15 Å². The van der Waals surface area contributed by atoms with E-state index < -0.39 is 5.60 Å². The average Bonchev–Trinajstić information content (AvgIpc) is 3.28. The molecule has 5 aliphatic rings. The van der Waals surface area contributed by atoms with Crippen LogP contribution < -0.4 is 0 Å². The molecular formula is C26H32O5. The number of hydrogen-bond donors (Lipinski definition) is 2. The Morgan fingerprint density at radius 3 is 2.81 bits per heavy atom. The van der Waals surface area contributed by atoms with Crippen LogP contribution in [0.15, 0.2) is 46.1 Å². The van der Waals surface area contributed by atoms with Crippen LogP contribution >= 0.6 is 0 Å². The Balaban J connectivity index is 1.44. The van der Waals surface area contributed by atoms with Gasteiger partial charge >= 0.3 is 0 Å². The molecule has 4 unspecified atom stereocenters. The molecule has 2 heterocycles. The molecule has 0 aromatic carbocycles. The van der Waals surface area contributed by atoms with Gasteiger partial charge in [0.25, 0.3) is 0 Å². The number of hydrogen-bond acceptors (Lipinski definition) is 5. The summed E-state index contributed by atoms with van der Waals surface area (Å²) in [6, 6.07) is 3.86. The second-order valence-electron chi connectivity index (χ2n) is 10.9. The number of allylic oxidation sites excluding steroid dienone is 4. The zero-order valence-electron chi connectivity index (χ0n) is 18.3. The van der Waals surface area contributed by atoms with E-state index in [1.807, 2.05) is 18.2 Å². The predicted octanol–water partition coefficient (Wildman–Crippen LogP) is 3.92. The number of rotatable bonds is 3. The van der Waals surface area contributed by atoms with E-state index in [0.29, 0.717) is 18.3 Å². The zero-order valence-corrected chi connectivity index (χ0v) is 18.3. The van der Waals surface area contributed by atoms with Crippen molar-refractivity contribution in [1.29, 1.82) is 0 Å². The Bertz CT molecular complexity index is 976. The summed E-state index contributed by atoms with van der Waals surface area (Å²) >= 11 is 0. The van der Waals surface area contributed by atoms with Crippen molar-refractivity contribution in [3.05, 3.63) is 47.5 Å². The van der Waals surface area contributed by atoms with Crippen LogP contribution in [0.25, 0.3) is 0 Å². The van der Waals surface area contributed by atoms with Gasteiger partial charge in [-0.25, -0.2) is 0 Å². The van der Waals surface area contributed by atoms with Crippen LogP contribution in [0.4, 0.5) is 0 Å².